The fourth-order valence-corrected chi connectivity index (χ4v) is 15.0. The molecule has 0 bridgehead atoms. The maximum absolute atomic E-state index is 13.9. The van der Waals surface area contributed by atoms with Gasteiger partial charge in [0.1, 0.15) is 0 Å². The van der Waals surface area contributed by atoms with Crippen LogP contribution in [0.1, 0.15) is 121 Å². The minimum absolute atomic E-state index is 0.136. The van der Waals surface area contributed by atoms with E-state index in [1.165, 1.54) is 38.5 Å². The number of alkyl halides is 3. The molecule has 3 aliphatic rings. The zero-order valence-electron chi connectivity index (χ0n) is 21.4. The Hall–Kier alpha value is -0.730. The van der Waals surface area contributed by atoms with E-state index in [1.807, 2.05) is 0 Å². The largest absolute Gasteiger partial charge is 0.416 e. The standard InChI is InChI=1S/C28H43F3O3S2/c29-28(30,31)23-19-21-27(22-20-23)36(32,33)34-35(24-13-7-1-2-8-14-24,25-15-9-3-4-10-16-25)26-17-11-5-6-12-18-26/h19-22,24-26H,1-18H2. The van der Waals surface area contributed by atoms with Crippen molar-refractivity contribution in [2.75, 3.05) is 0 Å². The third-order valence-corrected chi connectivity index (χ3v) is 15.7. The number of hydrogen-bond acceptors (Lipinski definition) is 3. The predicted molar refractivity (Wildman–Crippen MR) is 142 cm³/mol. The van der Waals surface area contributed by atoms with Gasteiger partial charge in [0.05, 0.1) is 10.5 Å². The summed E-state index contributed by atoms with van der Waals surface area (Å²) in [4.78, 5) is -0.136. The summed E-state index contributed by atoms with van der Waals surface area (Å²) in [6.07, 6.45) is 15.4. The summed E-state index contributed by atoms with van der Waals surface area (Å²) in [5.74, 6) is 0. The molecule has 0 aliphatic heterocycles. The van der Waals surface area contributed by atoms with Gasteiger partial charge in [0.15, 0.2) is 0 Å². The topological polar surface area (TPSA) is 43.4 Å². The maximum atomic E-state index is 13.9. The van der Waals surface area contributed by atoms with E-state index < -0.39 is 32.2 Å². The van der Waals surface area contributed by atoms with Gasteiger partial charge in [-0.25, -0.2) is 3.63 Å². The van der Waals surface area contributed by atoms with Gasteiger partial charge in [0, 0.05) is 15.7 Å². The number of hydrogen-bond donors (Lipinski definition) is 0. The fraction of sp³-hybridized carbons (Fsp3) is 0.786. The molecule has 206 valence electrons. The highest BCUT2D eigenvalue weighted by Crippen LogP contribution is 2.70. The molecule has 8 heteroatoms. The minimum atomic E-state index is -4.50. The van der Waals surface area contributed by atoms with Gasteiger partial charge in [-0.05, 0) is 62.8 Å². The van der Waals surface area contributed by atoms with Gasteiger partial charge in [0.2, 0.25) is 0 Å². The third-order valence-electron chi connectivity index (χ3n) is 8.65. The summed E-state index contributed by atoms with van der Waals surface area (Å²) in [6.45, 7) is 0. The van der Waals surface area contributed by atoms with E-state index in [2.05, 4.69) is 0 Å². The van der Waals surface area contributed by atoms with Crippen LogP contribution in [-0.4, -0.2) is 24.2 Å². The van der Waals surface area contributed by atoms with Gasteiger partial charge < -0.3 is 0 Å². The lowest BCUT2D eigenvalue weighted by Crippen LogP contribution is -2.39. The number of halogens is 3. The highest BCUT2D eigenvalue weighted by molar-refractivity contribution is 8.34. The zero-order chi connectivity index (χ0) is 25.7. The minimum Gasteiger partial charge on any atom is -0.215 e. The van der Waals surface area contributed by atoms with Gasteiger partial charge >= 0.3 is 16.3 Å². The van der Waals surface area contributed by atoms with Gasteiger partial charge in [-0.3, -0.25) is 0 Å². The summed E-state index contributed by atoms with van der Waals surface area (Å²) in [7, 11) is -6.22. The van der Waals surface area contributed by atoms with Gasteiger partial charge in [-0.2, -0.15) is 21.6 Å². The second-order valence-electron chi connectivity index (χ2n) is 11.1. The molecule has 3 fully saturated rings. The molecule has 0 amide bonds. The Morgan fingerprint density at radius 2 is 0.917 bits per heavy atom. The van der Waals surface area contributed by atoms with Crippen molar-refractivity contribution in [3.05, 3.63) is 29.8 Å². The molecule has 0 heterocycles. The second-order valence-corrected chi connectivity index (χ2v) is 16.4. The molecule has 0 spiro atoms. The lowest BCUT2D eigenvalue weighted by molar-refractivity contribution is -0.137. The Labute approximate surface area is 217 Å². The van der Waals surface area contributed by atoms with Gasteiger partial charge in [-0.1, -0.05) is 77.0 Å². The summed E-state index contributed by atoms with van der Waals surface area (Å²) in [5, 5.41) is 0.779. The summed E-state index contributed by atoms with van der Waals surface area (Å²) < 4.78 is 74.0. The molecule has 3 aliphatic carbocycles. The number of benzene rings is 1. The number of rotatable bonds is 6. The van der Waals surface area contributed by atoms with Crippen LogP contribution in [0.15, 0.2) is 29.2 Å². The first kappa shape index (κ1) is 28.3. The van der Waals surface area contributed by atoms with Crippen LogP contribution in [0.5, 0.6) is 0 Å². The van der Waals surface area contributed by atoms with Crippen LogP contribution in [0.25, 0.3) is 0 Å². The van der Waals surface area contributed by atoms with E-state index in [9.17, 15) is 21.6 Å². The predicted octanol–water partition coefficient (Wildman–Crippen LogP) is 9.30. The second kappa shape index (κ2) is 12.4. The third kappa shape index (κ3) is 6.63. The lowest BCUT2D eigenvalue weighted by Gasteiger charge is -2.55. The molecule has 36 heavy (non-hydrogen) atoms. The maximum Gasteiger partial charge on any atom is 0.416 e. The fourth-order valence-electron chi connectivity index (χ4n) is 6.82. The van der Waals surface area contributed by atoms with E-state index in [0.29, 0.717) is 0 Å². The Kier molecular flexibility index (Phi) is 9.76. The summed E-state index contributed by atoms with van der Waals surface area (Å²) >= 11 is 0. The smallest absolute Gasteiger partial charge is 0.215 e. The monoisotopic (exact) mass is 548 g/mol. The SMILES string of the molecule is O=S(=O)(OS(C1CCCCCC1)(C1CCCCCC1)C1CCCCCC1)c1ccc(C(F)(F)F)cc1. The van der Waals surface area contributed by atoms with Crippen LogP contribution < -0.4 is 0 Å². The molecule has 3 nitrogen and oxygen atoms in total. The van der Waals surface area contributed by atoms with E-state index in [0.717, 1.165) is 101 Å². The summed E-state index contributed by atoms with van der Waals surface area (Å²) in [5.41, 5.74) is -0.837. The molecular weight excluding hydrogens is 505 g/mol. The molecule has 0 radical (unpaired) electrons. The van der Waals surface area contributed by atoms with Crippen molar-refractivity contribution in [2.45, 2.75) is 142 Å². The molecule has 3 saturated carbocycles. The molecule has 1 aromatic rings. The van der Waals surface area contributed by atoms with E-state index in [-0.39, 0.29) is 20.6 Å². The highest BCUT2D eigenvalue weighted by Gasteiger charge is 2.50. The highest BCUT2D eigenvalue weighted by atomic mass is 32.3. The van der Waals surface area contributed by atoms with Crippen molar-refractivity contribution in [2.24, 2.45) is 0 Å². The molecule has 1 aromatic carbocycles. The Bertz CT molecular complexity index is 856. The van der Waals surface area contributed by atoms with Crippen molar-refractivity contribution in [1.29, 1.82) is 0 Å². The first-order valence-corrected chi connectivity index (χ1v) is 17.3. The molecule has 4 rings (SSSR count). The first-order chi connectivity index (χ1) is 17.2. The van der Waals surface area contributed by atoms with Gasteiger partial charge in [-0.15, -0.1) is 10.3 Å². The van der Waals surface area contributed by atoms with Crippen molar-refractivity contribution in [3.63, 3.8) is 0 Å². The molecule has 0 N–H and O–H groups in total. The van der Waals surface area contributed by atoms with Gasteiger partial charge in [0.25, 0.3) is 0 Å². The van der Waals surface area contributed by atoms with Crippen LogP contribution >= 0.6 is 10.3 Å². The Morgan fingerprint density at radius 3 is 1.22 bits per heavy atom. The van der Waals surface area contributed by atoms with Crippen molar-refractivity contribution in [1.82, 2.24) is 0 Å². The van der Waals surface area contributed by atoms with E-state index in [1.54, 1.807) is 0 Å². The van der Waals surface area contributed by atoms with Crippen molar-refractivity contribution >= 4 is 20.4 Å². The Balaban J connectivity index is 1.78. The molecule has 0 aromatic heterocycles. The Morgan fingerprint density at radius 1 is 0.583 bits per heavy atom. The first-order valence-electron chi connectivity index (χ1n) is 14.2. The molecular formula is C28H43F3O3S2. The molecule has 0 atom stereocenters. The van der Waals surface area contributed by atoms with Crippen LogP contribution in [0, 0.1) is 0 Å². The molecule has 0 saturated heterocycles. The average Bonchev–Trinajstić information content (AvgIpc) is 3.39. The van der Waals surface area contributed by atoms with Crippen LogP contribution in [0.2, 0.25) is 0 Å². The zero-order valence-corrected chi connectivity index (χ0v) is 23.1. The quantitative estimate of drug-likeness (QED) is 0.333. The van der Waals surface area contributed by atoms with Crippen LogP contribution in [0.3, 0.4) is 0 Å². The summed E-state index contributed by atoms with van der Waals surface area (Å²) in [6, 6.07) is 3.93. The average molecular weight is 549 g/mol. The molecule has 0 unspecified atom stereocenters. The van der Waals surface area contributed by atoms with E-state index in [4.69, 9.17) is 3.63 Å². The van der Waals surface area contributed by atoms with Crippen molar-refractivity contribution < 1.29 is 25.2 Å². The van der Waals surface area contributed by atoms with Crippen LogP contribution in [-0.2, 0) is 19.9 Å². The van der Waals surface area contributed by atoms with E-state index >= 15 is 0 Å². The normalized spacial score (nSPS) is 23.5. The van der Waals surface area contributed by atoms with Crippen molar-refractivity contribution in [3.8, 4) is 0 Å². The lowest BCUT2D eigenvalue weighted by atomic mass is 10.2. The van der Waals surface area contributed by atoms with Crippen LogP contribution in [0.4, 0.5) is 13.2 Å².